The Morgan fingerprint density at radius 3 is 2.26 bits per heavy atom. The van der Waals surface area contributed by atoms with Gasteiger partial charge in [0.05, 0.1) is 13.2 Å². The number of aliphatic hydroxyl groups excluding tert-OH is 1. The summed E-state index contributed by atoms with van der Waals surface area (Å²) in [6, 6.07) is 26.3. The van der Waals surface area contributed by atoms with Gasteiger partial charge in [-0.2, -0.15) is 0 Å². The van der Waals surface area contributed by atoms with Crippen molar-refractivity contribution in [3.63, 3.8) is 0 Å². The molecule has 1 amide bonds. The maximum Gasteiger partial charge on any atom is 0.288 e. The fourth-order valence-corrected chi connectivity index (χ4v) is 5.15. The number of rotatable bonds is 8. The number of carbonyl (C=O) groups is 1. The van der Waals surface area contributed by atoms with Crippen molar-refractivity contribution >= 4 is 21.8 Å². The number of aliphatic hydroxyl groups is 1. The van der Waals surface area contributed by atoms with E-state index < -0.39 is 6.29 Å². The van der Waals surface area contributed by atoms with Crippen LogP contribution in [0.5, 0.6) is 0 Å². The molecule has 1 N–H and O–H groups in total. The number of amides is 1. The second-order valence-corrected chi connectivity index (χ2v) is 10.7. The summed E-state index contributed by atoms with van der Waals surface area (Å²) >= 11 is 3.51. The molecular formula is C31H33BrN2O4. The van der Waals surface area contributed by atoms with Crippen LogP contribution < -0.4 is 0 Å². The molecule has 2 aliphatic rings. The molecule has 2 heterocycles. The van der Waals surface area contributed by atoms with E-state index in [1.54, 1.807) is 0 Å². The van der Waals surface area contributed by atoms with Gasteiger partial charge in [-0.15, -0.1) is 0 Å². The molecule has 0 aliphatic carbocycles. The second kappa shape index (κ2) is 12.7. The van der Waals surface area contributed by atoms with Crippen molar-refractivity contribution < 1.29 is 19.4 Å². The molecule has 0 unspecified atom stereocenters. The largest absolute Gasteiger partial charge is 0.459 e. The van der Waals surface area contributed by atoms with Crippen molar-refractivity contribution in [1.82, 2.24) is 9.80 Å². The molecule has 3 aromatic carbocycles. The van der Waals surface area contributed by atoms with Gasteiger partial charge in [-0.1, -0.05) is 82.7 Å². The van der Waals surface area contributed by atoms with E-state index in [0.717, 1.165) is 40.8 Å². The lowest BCUT2D eigenvalue weighted by Crippen LogP contribution is -2.49. The molecule has 0 bridgehead atoms. The maximum atomic E-state index is 13.6. The summed E-state index contributed by atoms with van der Waals surface area (Å²) in [5, 5.41) is 9.29. The first kappa shape index (κ1) is 26.6. The summed E-state index contributed by atoms with van der Waals surface area (Å²) in [4.78, 5) is 17.8. The second-order valence-electron chi connectivity index (χ2n) is 9.81. The van der Waals surface area contributed by atoms with Crippen LogP contribution in [0.4, 0.5) is 0 Å². The smallest absolute Gasteiger partial charge is 0.288 e. The molecular weight excluding hydrogens is 544 g/mol. The minimum atomic E-state index is -0.538. The molecule has 0 radical (unpaired) electrons. The van der Waals surface area contributed by atoms with E-state index in [0.29, 0.717) is 31.9 Å². The van der Waals surface area contributed by atoms with E-state index in [1.807, 2.05) is 53.4 Å². The van der Waals surface area contributed by atoms with Gasteiger partial charge in [0.2, 0.25) is 6.29 Å². The minimum Gasteiger partial charge on any atom is -0.459 e. The molecule has 7 heteroatoms. The fraction of sp³-hybridized carbons (Fsp3) is 0.323. The topological polar surface area (TPSA) is 62.2 Å². The Bertz CT molecular complexity index is 1220. The van der Waals surface area contributed by atoms with Gasteiger partial charge in [-0.05, 0) is 40.5 Å². The van der Waals surface area contributed by atoms with Crippen molar-refractivity contribution in [2.45, 2.75) is 38.4 Å². The lowest BCUT2D eigenvalue weighted by molar-refractivity contribution is -0.157. The van der Waals surface area contributed by atoms with E-state index >= 15 is 0 Å². The molecule has 2 aliphatic heterocycles. The molecule has 3 aromatic rings. The van der Waals surface area contributed by atoms with Crippen molar-refractivity contribution in [2.24, 2.45) is 0 Å². The van der Waals surface area contributed by atoms with Crippen LogP contribution in [-0.4, -0.2) is 53.3 Å². The number of halogens is 1. The summed E-state index contributed by atoms with van der Waals surface area (Å²) in [6.45, 7) is 4.25. The summed E-state index contributed by atoms with van der Waals surface area (Å²) in [5.41, 5.74) is 4.25. The predicted molar refractivity (Wildman–Crippen MR) is 150 cm³/mol. The van der Waals surface area contributed by atoms with E-state index in [2.05, 4.69) is 57.2 Å². The van der Waals surface area contributed by atoms with Gasteiger partial charge >= 0.3 is 0 Å². The average Bonchev–Trinajstić information content (AvgIpc) is 2.97. The van der Waals surface area contributed by atoms with Crippen LogP contribution in [0.15, 0.2) is 95.2 Å². The molecule has 38 heavy (non-hydrogen) atoms. The summed E-state index contributed by atoms with van der Waals surface area (Å²) < 4.78 is 13.3. The highest BCUT2D eigenvalue weighted by molar-refractivity contribution is 9.10. The zero-order valence-corrected chi connectivity index (χ0v) is 22.9. The Labute approximate surface area is 232 Å². The van der Waals surface area contributed by atoms with Crippen molar-refractivity contribution in [3.8, 4) is 0 Å². The highest BCUT2D eigenvalue weighted by Gasteiger charge is 2.32. The number of nitrogens with zero attached hydrogens (tertiary/aromatic N) is 2. The van der Waals surface area contributed by atoms with Gasteiger partial charge in [0.15, 0.2) is 5.76 Å². The standard InChI is InChI=1S/C31H33BrN2O4/c32-28-12-10-26(11-13-28)27-18-29(38-30(19-27)37-22-25-8-6-24(21-35)7-9-25)31(36)34-16-14-33(15-17-34)20-23-4-2-1-3-5-23/h1-13,18,27,30,35H,14-17,19-22H2/t27-,30+/m0/s1. The lowest BCUT2D eigenvalue weighted by atomic mass is 9.93. The zero-order valence-electron chi connectivity index (χ0n) is 21.3. The van der Waals surface area contributed by atoms with Crippen LogP contribution in [-0.2, 0) is 34.0 Å². The quantitative estimate of drug-likeness (QED) is 0.398. The van der Waals surface area contributed by atoms with Crippen LogP contribution in [0.3, 0.4) is 0 Å². The first-order chi connectivity index (χ1) is 18.6. The third kappa shape index (κ3) is 6.91. The van der Waals surface area contributed by atoms with Gasteiger partial charge in [0.1, 0.15) is 0 Å². The number of piperazine rings is 1. The van der Waals surface area contributed by atoms with Crippen LogP contribution in [0.2, 0.25) is 0 Å². The number of benzene rings is 3. The lowest BCUT2D eigenvalue weighted by Gasteiger charge is -2.36. The fourth-order valence-electron chi connectivity index (χ4n) is 4.89. The Morgan fingerprint density at radius 2 is 1.58 bits per heavy atom. The molecule has 5 rings (SSSR count). The van der Waals surface area contributed by atoms with E-state index in [4.69, 9.17) is 9.47 Å². The Morgan fingerprint density at radius 1 is 0.895 bits per heavy atom. The average molecular weight is 578 g/mol. The molecule has 0 spiro atoms. The summed E-state index contributed by atoms with van der Waals surface area (Å²) in [5.74, 6) is 0.297. The van der Waals surface area contributed by atoms with E-state index in [1.165, 1.54) is 5.56 Å². The van der Waals surface area contributed by atoms with Gasteiger partial charge in [0.25, 0.3) is 5.91 Å². The number of hydrogen-bond donors (Lipinski definition) is 1. The van der Waals surface area contributed by atoms with E-state index in [-0.39, 0.29) is 18.4 Å². The number of hydrogen-bond acceptors (Lipinski definition) is 5. The van der Waals surface area contributed by atoms with Gasteiger partial charge < -0.3 is 19.5 Å². The third-order valence-corrected chi connectivity index (χ3v) is 7.64. The first-order valence-electron chi connectivity index (χ1n) is 13.1. The number of carbonyl (C=O) groups excluding carboxylic acids is 1. The third-order valence-electron chi connectivity index (χ3n) is 7.12. The Balaban J connectivity index is 1.25. The zero-order chi connectivity index (χ0) is 26.3. The number of ether oxygens (including phenoxy) is 2. The normalized spacial score (nSPS) is 20.1. The molecule has 2 atom stereocenters. The van der Waals surface area contributed by atoms with Crippen molar-refractivity contribution in [1.29, 1.82) is 0 Å². The molecule has 0 aromatic heterocycles. The van der Waals surface area contributed by atoms with Gasteiger partial charge in [-0.25, -0.2) is 0 Å². The van der Waals surface area contributed by atoms with Crippen LogP contribution in [0.25, 0.3) is 0 Å². The van der Waals surface area contributed by atoms with Crippen LogP contribution >= 0.6 is 15.9 Å². The van der Waals surface area contributed by atoms with E-state index in [9.17, 15) is 9.90 Å². The van der Waals surface area contributed by atoms with Crippen LogP contribution in [0, 0.1) is 0 Å². The Hall–Kier alpha value is -2.97. The minimum absolute atomic E-state index is 0.0111. The maximum absolute atomic E-state index is 13.6. The van der Waals surface area contributed by atoms with Gasteiger partial charge in [-0.3, -0.25) is 9.69 Å². The highest BCUT2D eigenvalue weighted by atomic mass is 79.9. The van der Waals surface area contributed by atoms with Crippen molar-refractivity contribution in [3.05, 3.63) is 117 Å². The highest BCUT2D eigenvalue weighted by Crippen LogP contribution is 2.33. The number of allylic oxidation sites excluding steroid dienone is 1. The molecule has 0 saturated carbocycles. The first-order valence-corrected chi connectivity index (χ1v) is 13.9. The monoisotopic (exact) mass is 576 g/mol. The molecule has 198 valence electrons. The summed E-state index contributed by atoms with van der Waals surface area (Å²) in [7, 11) is 0. The van der Waals surface area contributed by atoms with Gasteiger partial charge in [0, 0.05) is 49.5 Å². The van der Waals surface area contributed by atoms with Crippen LogP contribution in [0.1, 0.15) is 34.6 Å². The van der Waals surface area contributed by atoms with Crippen molar-refractivity contribution in [2.75, 3.05) is 26.2 Å². The Kier molecular flexibility index (Phi) is 8.91. The molecule has 1 saturated heterocycles. The summed E-state index contributed by atoms with van der Waals surface area (Å²) in [6.07, 6.45) is 2.04. The molecule has 6 nitrogen and oxygen atoms in total. The molecule has 1 fully saturated rings. The SMILES string of the molecule is O=C(C1=C[C@H](c2ccc(Br)cc2)C[C@H](OCc2ccc(CO)cc2)O1)N1CCN(Cc2ccccc2)CC1. The predicted octanol–water partition coefficient (Wildman–Crippen LogP) is 5.22.